The molecule has 0 aliphatic heterocycles. The van der Waals surface area contributed by atoms with Crippen molar-refractivity contribution in [1.82, 2.24) is 4.72 Å². The molecule has 21 heavy (non-hydrogen) atoms. The lowest BCUT2D eigenvalue weighted by Crippen LogP contribution is -2.48. The maximum Gasteiger partial charge on any atom is 0.242 e. The third-order valence-corrected chi connectivity index (χ3v) is 6.03. The molecule has 0 aromatic heterocycles. The predicted octanol–water partition coefficient (Wildman–Crippen LogP) is 2.85. The third-order valence-electron chi connectivity index (χ3n) is 3.84. The molecule has 0 bridgehead atoms. The first kappa shape index (κ1) is 16.7. The van der Waals surface area contributed by atoms with Crippen LogP contribution in [0.1, 0.15) is 32.1 Å². The highest BCUT2D eigenvalue weighted by molar-refractivity contribution is 7.89. The maximum absolute atomic E-state index is 12.5. The molecule has 0 spiro atoms. The van der Waals surface area contributed by atoms with Crippen molar-refractivity contribution in [2.75, 3.05) is 0 Å². The molecular formula is C14H19ClN2O2S2. The third kappa shape index (κ3) is 4.16. The van der Waals surface area contributed by atoms with Crippen molar-refractivity contribution in [3.05, 3.63) is 29.3 Å². The van der Waals surface area contributed by atoms with Crippen LogP contribution in [0.4, 0.5) is 0 Å². The normalized spacial score (nSPS) is 18.3. The molecule has 1 aliphatic carbocycles. The van der Waals surface area contributed by atoms with E-state index in [1.165, 1.54) is 12.5 Å². The van der Waals surface area contributed by atoms with Gasteiger partial charge in [0.1, 0.15) is 4.90 Å². The van der Waals surface area contributed by atoms with Gasteiger partial charge in [-0.3, -0.25) is 0 Å². The van der Waals surface area contributed by atoms with E-state index in [1.807, 2.05) is 0 Å². The highest BCUT2D eigenvalue weighted by Gasteiger charge is 2.30. The number of nitrogens with one attached hydrogen (secondary N) is 1. The summed E-state index contributed by atoms with van der Waals surface area (Å²) in [5.74, 6) is 0.161. The highest BCUT2D eigenvalue weighted by atomic mass is 35.5. The first-order valence-corrected chi connectivity index (χ1v) is 9.25. The molecule has 0 heterocycles. The van der Waals surface area contributed by atoms with Gasteiger partial charge in [-0.1, -0.05) is 55.2 Å². The van der Waals surface area contributed by atoms with Gasteiger partial charge in [-0.25, -0.2) is 13.1 Å². The Hall–Kier alpha value is -0.690. The van der Waals surface area contributed by atoms with Gasteiger partial charge in [-0.05, 0) is 30.9 Å². The number of benzene rings is 1. The van der Waals surface area contributed by atoms with Gasteiger partial charge in [0.15, 0.2) is 0 Å². The van der Waals surface area contributed by atoms with Crippen LogP contribution in [-0.4, -0.2) is 19.4 Å². The van der Waals surface area contributed by atoms with Gasteiger partial charge in [0.25, 0.3) is 0 Å². The lowest BCUT2D eigenvalue weighted by atomic mass is 9.84. The zero-order chi connectivity index (χ0) is 15.5. The van der Waals surface area contributed by atoms with Crippen LogP contribution < -0.4 is 10.5 Å². The Kier molecular flexibility index (Phi) is 5.60. The van der Waals surface area contributed by atoms with Crippen LogP contribution in [0.5, 0.6) is 0 Å². The van der Waals surface area contributed by atoms with Crippen LogP contribution >= 0.6 is 23.8 Å². The zero-order valence-electron chi connectivity index (χ0n) is 11.6. The minimum absolute atomic E-state index is 0.0590. The molecule has 1 saturated carbocycles. The molecule has 0 radical (unpaired) electrons. The smallest absolute Gasteiger partial charge is 0.242 e. The molecule has 2 rings (SSSR count). The molecule has 7 heteroatoms. The van der Waals surface area contributed by atoms with Crippen molar-refractivity contribution in [1.29, 1.82) is 0 Å². The standard InChI is InChI=1S/C14H19ClN2O2S2/c15-11-8-4-5-9-12(11)21(18,19)17-13(14(16)20)10-6-2-1-3-7-10/h4-5,8-10,13,17H,1-3,6-7H2,(H2,16,20). The Balaban J connectivity index is 2.23. The van der Waals surface area contributed by atoms with Crippen molar-refractivity contribution in [2.24, 2.45) is 11.7 Å². The van der Waals surface area contributed by atoms with Crippen LogP contribution in [0.15, 0.2) is 29.2 Å². The van der Waals surface area contributed by atoms with Crippen molar-refractivity contribution in [2.45, 2.75) is 43.0 Å². The molecule has 4 nitrogen and oxygen atoms in total. The van der Waals surface area contributed by atoms with Gasteiger partial charge in [0.2, 0.25) is 10.0 Å². The fourth-order valence-corrected chi connectivity index (χ4v) is 4.88. The highest BCUT2D eigenvalue weighted by Crippen LogP contribution is 2.28. The van der Waals surface area contributed by atoms with E-state index in [-0.39, 0.29) is 20.8 Å². The second-order valence-corrected chi connectivity index (χ2v) is 7.89. The number of nitrogens with two attached hydrogens (primary N) is 1. The van der Waals surface area contributed by atoms with Crippen molar-refractivity contribution in [3.8, 4) is 0 Å². The summed E-state index contributed by atoms with van der Waals surface area (Å²) in [7, 11) is -3.73. The topological polar surface area (TPSA) is 72.2 Å². The number of sulfonamides is 1. The van der Waals surface area contributed by atoms with Gasteiger partial charge in [-0.2, -0.15) is 0 Å². The largest absolute Gasteiger partial charge is 0.392 e. The summed E-state index contributed by atoms with van der Waals surface area (Å²) in [6.07, 6.45) is 5.22. The lowest BCUT2D eigenvalue weighted by Gasteiger charge is -2.30. The van der Waals surface area contributed by atoms with E-state index in [2.05, 4.69) is 4.72 Å². The minimum Gasteiger partial charge on any atom is -0.392 e. The second-order valence-electron chi connectivity index (χ2n) is 5.33. The van der Waals surface area contributed by atoms with Gasteiger partial charge in [0, 0.05) is 0 Å². The Morgan fingerprint density at radius 3 is 2.48 bits per heavy atom. The summed E-state index contributed by atoms with van der Waals surface area (Å²) in [4.78, 5) is 0.251. The number of hydrogen-bond acceptors (Lipinski definition) is 3. The zero-order valence-corrected chi connectivity index (χ0v) is 14.0. The molecule has 0 amide bonds. The average molecular weight is 347 g/mol. The van der Waals surface area contributed by atoms with E-state index < -0.39 is 16.1 Å². The van der Waals surface area contributed by atoms with Crippen LogP contribution in [0.25, 0.3) is 0 Å². The van der Waals surface area contributed by atoms with Gasteiger partial charge in [0.05, 0.1) is 16.1 Å². The quantitative estimate of drug-likeness (QED) is 0.804. The van der Waals surface area contributed by atoms with Gasteiger partial charge < -0.3 is 5.73 Å². The van der Waals surface area contributed by atoms with Crippen molar-refractivity contribution in [3.63, 3.8) is 0 Å². The number of rotatable bonds is 5. The molecule has 1 aliphatic rings. The summed E-state index contributed by atoms with van der Waals surface area (Å²) in [5, 5.41) is 0.190. The predicted molar refractivity (Wildman–Crippen MR) is 88.9 cm³/mol. The molecule has 116 valence electrons. The number of halogens is 1. The maximum atomic E-state index is 12.5. The molecule has 0 saturated heterocycles. The lowest BCUT2D eigenvalue weighted by molar-refractivity contribution is 0.330. The molecule has 1 aromatic rings. The van der Waals surface area contributed by atoms with E-state index >= 15 is 0 Å². The van der Waals surface area contributed by atoms with Crippen LogP contribution in [0.2, 0.25) is 5.02 Å². The molecule has 1 fully saturated rings. The number of hydrogen-bond donors (Lipinski definition) is 2. The average Bonchev–Trinajstić information content (AvgIpc) is 2.46. The molecule has 1 aromatic carbocycles. The Labute approximate surface area is 136 Å². The number of thiocarbonyl (C=S) groups is 1. The Bertz CT molecular complexity index is 613. The van der Waals surface area contributed by atoms with E-state index in [9.17, 15) is 8.42 Å². The van der Waals surface area contributed by atoms with Crippen LogP contribution in [-0.2, 0) is 10.0 Å². The fourth-order valence-electron chi connectivity index (χ4n) is 2.75. The van der Waals surface area contributed by atoms with Crippen molar-refractivity contribution < 1.29 is 8.42 Å². The summed E-state index contributed by atoms with van der Waals surface area (Å²) in [5.41, 5.74) is 5.76. The Morgan fingerprint density at radius 1 is 1.29 bits per heavy atom. The second kappa shape index (κ2) is 7.05. The first-order chi connectivity index (χ1) is 9.92. The summed E-state index contributed by atoms with van der Waals surface area (Å²) in [6, 6.07) is 5.83. The molecular weight excluding hydrogens is 328 g/mol. The SMILES string of the molecule is NC(=S)C(NS(=O)(=O)c1ccccc1Cl)C1CCCCC1. The molecule has 1 unspecified atom stereocenters. The monoisotopic (exact) mass is 346 g/mol. The minimum atomic E-state index is -3.73. The summed E-state index contributed by atoms with van der Waals surface area (Å²) >= 11 is 11.0. The van der Waals surface area contributed by atoms with Crippen molar-refractivity contribution >= 4 is 38.8 Å². The van der Waals surface area contributed by atoms with Crippen LogP contribution in [0, 0.1) is 5.92 Å². The summed E-state index contributed by atoms with van der Waals surface area (Å²) in [6.45, 7) is 0. The van der Waals surface area contributed by atoms with E-state index in [0.717, 1.165) is 25.7 Å². The summed E-state index contributed by atoms with van der Waals surface area (Å²) < 4.78 is 27.6. The van der Waals surface area contributed by atoms with Gasteiger partial charge in [-0.15, -0.1) is 0 Å². The first-order valence-electron chi connectivity index (χ1n) is 6.98. The van der Waals surface area contributed by atoms with Gasteiger partial charge >= 0.3 is 0 Å². The Morgan fingerprint density at radius 2 is 1.90 bits per heavy atom. The van der Waals surface area contributed by atoms with E-state index in [1.54, 1.807) is 18.2 Å². The van der Waals surface area contributed by atoms with Crippen LogP contribution in [0.3, 0.4) is 0 Å². The van der Waals surface area contributed by atoms with E-state index in [4.69, 9.17) is 29.6 Å². The van der Waals surface area contributed by atoms with E-state index in [0.29, 0.717) is 0 Å². The molecule has 1 atom stereocenters. The fraction of sp³-hybridized carbons (Fsp3) is 0.500. The molecule has 3 N–H and O–H groups in total.